The summed E-state index contributed by atoms with van der Waals surface area (Å²) in [6.07, 6.45) is 3.23. The highest BCUT2D eigenvalue weighted by atomic mass is 32.2. The van der Waals surface area contributed by atoms with Gasteiger partial charge in [-0.2, -0.15) is 8.42 Å². The molecule has 0 aliphatic rings. The molecule has 1 aromatic rings. The zero-order valence-electron chi connectivity index (χ0n) is 18.5. The molecule has 0 unspecified atom stereocenters. The molecule has 0 saturated heterocycles. The molecule has 0 heterocycles. The van der Waals surface area contributed by atoms with Gasteiger partial charge in [0.15, 0.2) is 8.32 Å². The summed E-state index contributed by atoms with van der Waals surface area (Å²) in [7, 11) is -5.93. The Balaban J connectivity index is 2.90. The molecule has 6 nitrogen and oxygen atoms in total. The molecule has 2 atom stereocenters. The van der Waals surface area contributed by atoms with E-state index >= 15 is 0 Å². The molecule has 0 aliphatic heterocycles. The van der Waals surface area contributed by atoms with Crippen molar-refractivity contribution in [3.8, 4) is 0 Å². The van der Waals surface area contributed by atoms with Crippen LogP contribution in [0, 0.1) is 12.8 Å². The molecule has 29 heavy (non-hydrogen) atoms. The van der Waals surface area contributed by atoms with Gasteiger partial charge in [0.2, 0.25) is 0 Å². The predicted molar refractivity (Wildman–Crippen MR) is 116 cm³/mol. The van der Waals surface area contributed by atoms with E-state index in [2.05, 4.69) is 38.6 Å². The molecule has 0 N–H and O–H groups in total. The first kappa shape index (κ1) is 25.6. The first-order valence-electron chi connectivity index (χ1n) is 9.68. The van der Waals surface area contributed by atoms with Gasteiger partial charge in [0.25, 0.3) is 16.6 Å². The molecule has 0 aromatic heterocycles. The average molecular weight is 443 g/mol. The quantitative estimate of drug-likeness (QED) is 0.212. The van der Waals surface area contributed by atoms with Gasteiger partial charge in [-0.3, -0.25) is 8.98 Å². The maximum absolute atomic E-state index is 12.5. The minimum atomic E-state index is -3.84. The average Bonchev–Trinajstić information content (AvgIpc) is 2.61. The number of hydrogen-bond acceptors (Lipinski definition) is 6. The molecule has 0 aliphatic carbocycles. The SMILES string of the molecule is Cc1ccc(S(=O)(=O)OC[C@H](C)[C@H](C/C=C/OC=O)O[Si](C)(C)C(C)(C)C)cc1. The van der Waals surface area contributed by atoms with Crippen molar-refractivity contribution in [3.63, 3.8) is 0 Å². The van der Waals surface area contributed by atoms with Crippen molar-refractivity contribution in [3.05, 3.63) is 42.2 Å². The first-order chi connectivity index (χ1) is 13.3. The fourth-order valence-electron chi connectivity index (χ4n) is 2.31. The molecular weight excluding hydrogens is 408 g/mol. The van der Waals surface area contributed by atoms with Gasteiger partial charge in [-0.15, -0.1) is 0 Å². The van der Waals surface area contributed by atoms with Crippen LogP contribution in [0.25, 0.3) is 0 Å². The summed E-state index contributed by atoms with van der Waals surface area (Å²) in [4.78, 5) is 10.5. The highest BCUT2D eigenvalue weighted by Gasteiger charge is 2.40. The Morgan fingerprint density at radius 3 is 2.24 bits per heavy atom. The minimum Gasteiger partial charge on any atom is -0.437 e. The number of ether oxygens (including phenoxy) is 1. The van der Waals surface area contributed by atoms with Crippen LogP contribution in [-0.2, 0) is 28.3 Å². The maximum Gasteiger partial charge on any atom is 0.297 e. The van der Waals surface area contributed by atoms with Crippen molar-refractivity contribution in [2.24, 2.45) is 5.92 Å². The molecule has 0 saturated carbocycles. The van der Waals surface area contributed by atoms with E-state index in [-0.39, 0.29) is 28.6 Å². The standard InChI is InChI=1S/C21H34O6SSi/c1-17-10-12-19(13-11-17)28(23,24)26-15-18(2)20(9-8-14-25-16-22)27-29(6,7)21(3,4)5/h8,10-14,16,18,20H,9,15H2,1-7H3/b14-8+/t18-,20-/m0/s1. The normalized spacial score (nSPS) is 15.3. The van der Waals surface area contributed by atoms with Crippen LogP contribution in [0.3, 0.4) is 0 Å². The third-order valence-electron chi connectivity index (χ3n) is 5.28. The lowest BCUT2D eigenvalue weighted by Crippen LogP contribution is -2.46. The summed E-state index contributed by atoms with van der Waals surface area (Å²) in [5.74, 6) is -0.190. The Kier molecular flexibility index (Phi) is 9.27. The molecule has 0 radical (unpaired) electrons. The number of hydrogen-bond donors (Lipinski definition) is 0. The van der Waals surface area contributed by atoms with Crippen LogP contribution >= 0.6 is 0 Å². The second kappa shape index (κ2) is 10.5. The van der Waals surface area contributed by atoms with Gasteiger partial charge in [0, 0.05) is 5.92 Å². The van der Waals surface area contributed by atoms with E-state index in [9.17, 15) is 13.2 Å². The summed E-state index contributed by atoms with van der Waals surface area (Å²) in [6.45, 7) is 14.9. The van der Waals surface area contributed by atoms with Gasteiger partial charge < -0.3 is 9.16 Å². The molecule has 1 rings (SSSR count). The monoisotopic (exact) mass is 442 g/mol. The van der Waals surface area contributed by atoms with Crippen LogP contribution < -0.4 is 0 Å². The summed E-state index contributed by atoms with van der Waals surface area (Å²) < 4.78 is 41.4. The molecule has 0 amide bonds. The third-order valence-corrected chi connectivity index (χ3v) is 11.1. The maximum atomic E-state index is 12.5. The van der Waals surface area contributed by atoms with Crippen molar-refractivity contribution in [2.75, 3.05) is 6.61 Å². The number of carbonyl (C=O) groups is 1. The number of carbonyl (C=O) groups excluding carboxylic acids is 1. The van der Waals surface area contributed by atoms with E-state index in [1.165, 1.54) is 6.26 Å². The number of rotatable bonds is 11. The molecule has 0 fully saturated rings. The fourth-order valence-corrected chi connectivity index (χ4v) is 4.74. The highest BCUT2D eigenvalue weighted by molar-refractivity contribution is 7.86. The Morgan fingerprint density at radius 2 is 1.72 bits per heavy atom. The lowest BCUT2D eigenvalue weighted by Gasteiger charge is -2.40. The first-order valence-corrected chi connectivity index (χ1v) is 14.0. The largest absolute Gasteiger partial charge is 0.437 e. The van der Waals surface area contributed by atoms with Crippen molar-refractivity contribution in [1.29, 1.82) is 0 Å². The van der Waals surface area contributed by atoms with Gasteiger partial charge in [-0.05, 0) is 49.7 Å². The Bertz CT molecular complexity index is 778. The van der Waals surface area contributed by atoms with Crippen molar-refractivity contribution in [2.45, 2.75) is 70.2 Å². The zero-order chi connectivity index (χ0) is 22.3. The van der Waals surface area contributed by atoms with E-state index < -0.39 is 18.4 Å². The molecular formula is C21H34O6SSi. The van der Waals surface area contributed by atoms with Crippen LogP contribution in [-0.4, -0.2) is 35.9 Å². The second-order valence-electron chi connectivity index (χ2n) is 8.79. The van der Waals surface area contributed by atoms with Crippen LogP contribution in [0.1, 0.15) is 39.7 Å². The van der Waals surface area contributed by atoms with Gasteiger partial charge in [0.1, 0.15) is 0 Å². The number of aryl methyl sites for hydroxylation is 1. The Hall–Kier alpha value is -1.48. The van der Waals surface area contributed by atoms with Crippen molar-refractivity contribution < 1.29 is 26.6 Å². The summed E-state index contributed by atoms with van der Waals surface area (Å²) >= 11 is 0. The van der Waals surface area contributed by atoms with Crippen molar-refractivity contribution in [1.82, 2.24) is 0 Å². The summed E-state index contributed by atoms with van der Waals surface area (Å²) in [5.41, 5.74) is 0.976. The summed E-state index contributed by atoms with van der Waals surface area (Å²) in [6, 6.07) is 6.55. The smallest absolute Gasteiger partial charge is 0.297 e. The van der Waals surface area contributed by atoms with Gasteiger partial charge in [0.05, 0.1) is 23.9 Å². The Labute approximate surface area is 176 Å². The Morgan fingerprint density at radius 1 is 1.14 bits per heavy atom. The molecule has 1 aromatic carbocycles. The van der Waals surface area contributed by atoms with E-state index in [1.54, 1.807) is 30.3 Å². The van der Waals surface area contributed by atoms with Crippen LogP contribution in [0.2, 0.25) is 18.1 Å². The summed E-state index contributed by atoms with van der Waals surface area (Å²) in [5, 5.41) is 0.00279. The van der Waals surface area contributed by atoms with Gasteiger partial charge >= 0.3 is 0 Å². The van der Waals surface area contributed by atoms with E-state index in [0.29, 0.717) is 12.9 Å². The van der Waals surface area contributed by atoms with Gasteiger partial charge in [-0.25, -0.2) is 0 Å². The number of benzene rings is 1. The topological polar surface area (TPSA) is 78.9 Å². The van der Waals surface area contributed by atoms with E-state index in [0.717, 1.165) is 5.56 Å². The predicted octanol–water partition coefficient (Wildman–Crippen LogP) is 4.80. The van der Waals surface area contributed by atoms with Crippen LogP contribution in [0.15, 0.2) is 41.5 Å². The zero-order valence-corrected chi connectivity index (χ0v) is 20.3. The lowest BCUT2D eigenvalue weighted by molar-refractivity contribution is -0.123. The fraction of sp³-hybridized carbons (Fsp3) is 0.571. The third kappa shape index (κ3) is 8.04. The van der Waals surface area contributed by atoms with Crippen LogP contribution in [0.5, 0.6) is 0 Å². The van der Waals surface area contributed by atoms with Crippen LogP contribution in [0.4, 0.5) is 0 Å². The molecule has 0 bridgehead atoms. The minimum absolute atomic E-state index is 0.00211. The lowest BCUT2D eigenvalue weighted by atomic mass is 10.0. The molecule has 0 spiro atoms. The van der Waals surface area contributed by atoms with E-state index in [4.69, 9.17) is 8.61 Å². The second-order valence-corrected chi connectivity index (χ2v) is 15.2. The van der Waals surface area contributed by atoms with E-state index in [1.807, 2.05) is 13.8 Å². The molecule has 164 valence electrons. The van der Waals surface area contributed by atoms with Gasteiger partial charge in [-0.1, -0.05) is 45.4 Å². The highest BCUT2D eigenvalue weighted by Crippen LogP contribution is 2.38. The van der Waals surface area contributed by atoms with Crippen molar-refractivity contribution >= 4 is 24.9 Å². The molecule has 8 heteroatoms.